The Morgan fingerprint density at radius 2 is 2.19 bits per heavy atom. The molecule has 0 unspecified atom stereocenters. The summed E-state index contributed by atoms with van der Waals surface area (Å²) in [6.07, 6.45) is 2.87. The van der Waals surface area contributed by atoms with Crippen molar-refractivity contribution in [3.63, 3.8) is 0 Å². The van der Waals surface area contributed by atoms with Crippen molar-refractivity contribution in [2.45, 2.75) is 39.2 Å². The summed E-state index contributed by atoms with van der Waals surface area (Å²) >= 11 is 1.41. The first-order valence-corrected chi connectivity index (χ1v) is 8.22. The summed E-state index contributed by atoms with van der Waals surface area (Å²) in [4.78, 5) is 12.9. The molecule has 3 N–H and O–H groups in total. The third-order valence-electron chi connectivity index (χ3n) is 3.24. The molecule has 1 fully saturated rings. The van der Waals surface area contributed by atoms with Crippen LogP contribution in [-0.4, -0.2) is 32.1 Å². The van der Waals surface area contributed by atoms with E-state index in [9.17, 15) is 4.79 Å². The minimum atomic E-state index is 0.0188. The Hall–Kier alpha value is -1.27. The summed E-state index contributed by atoms with van der Waals surface area (Å²) in [5.74, 6) is 0.951. The topological polar surface area (TPSA) is 73.6 Å². The van der Waals surface area contributed by atoms with Crippen molar-refractivity contribution in [3.8, 4) is 5.75 Å². The molecule has 0 bridgehead atoms. The van der Waals surface area contributed by atoms with Gasteiger partial charge in [-0.2, -0.15) is 0 Å². The highest BCUT2D eigenvalue weighted by Gasteiger charge is 2.34. The number of ether oxygens (including phenoxy) is 2. The Bertz CT molecular complexity index is 495. The van der Waals surface area contributed by atoms with Gasteiger partial charge in [-0.3, -0.25) is 4.79 Å². The van der Waals surface area contributed by atoms with Crippen molar-refractivity contribution in [3.05, 3.63) is 4.88 Å². The molecule has 2 rings (SSSR count). The highest BCUT2D eigenvalue weighted by atomic mass is 32.1. The van der Waals surface area contributed by atoms with Crippen LogP contribution in [0.25, 0.3) is 0 Å². The molecule has 0 radical (unpaired) electrons. The van der Waals surface area contributed by atoms with E-state index in [1.165, 1.54) is 11.3 Å². The van der Waals surface area contributed by atoms with Gasteiger partial charge in [0, 0.05) is 26.2 Å². The van der Waals surface area contributed by atoms with Gasteiger partial charge in [0.25, 0.3) is 0 Å². The first kappa shape index (κ1) is 16.1. The summed E-state index contributed by atoms with van der Waals surface area (Å²) in [5, 5.41) is 4.16. The van der Waals surface area contributed by atoms with E-state index in [2.05, 4.69) is 5.32 Å². The lowest BCUT2D eigenvalue weighted by Crippen LogP contribution is -2.10. The number of nitrogens with two attached hydrogens (primary N) is 1. The van der Waals surface area contributed by atoms with Crippen LogP contribution in [0.5, 0.6) is 5.75 Å². The highest BCUT2D eigenvalue weighted by molar-refractivity contribution is 7.19. The zero-order valence-corrected chi connectivity index (χ0v) is 13.7. The summed E-state index contributed by atoms with van der Waals surface area (Å²) in [5.41, 5.74) is 6.64. The largest absolute Gasteiger partial charge is 0.486 e. The van der Waals surface area contributed by atoms with E-state index in [0.29, 0.717) is 22.9 Å². The van der Waals surface area contributed by atoms with Gasteiger partial charge >= 0.3 is 0 Å². The van der Waals surface area contributed by atoms with E-state index < -0.39 is 0 Å². The molecule has 1 aromatic rings. The SMILES string of the molecule is COCCCNc1sc(C(=O)C2CC2)c(N)c1OC(C)C. The van der Waals surface area contributed by atoms with Gasteiger partial charge in [0.05, 0.1) is 16.7 Å². The number of nitrogens with one attached hydrogen (secondary N) is 1. The second-order valence-corrected chi connectivity index (χ2v) is 6.60. The Labute approximate surface area is 129 Å². The molecule has 21 heavy (non-hydrogen) atoms. The van der Waals surface area contributed by atoms with Crippen LogP contribution in [0.4, 0.5) is 10.7 Å². The third-order valence-corrected chi connectivity index (χ3v) is 4.39. The van der Waals surface area contributed by atoms with Crippen molar-refractivity contribution in [2.24, 2.45) is 5.92 Å². The Morgan fingerprint density at radius 1 is 1.48 bits per heavy atom. The Balaban J connectivity index is 2.15. The molecule has 1 heterocycles. The monoisotopic (exact) mass is 312 g/mol. The zero-order chi connectivity index (χ0) is 15.4. The first-order chi connectivity index (χ1) is 10.0. The highest BCUT2D eigenvalue weighted by Crippen LogP contribution is 2.46. The predicted molar refractivity (Wildman–Crippen MR) is 86.5 cm³/mol. The molecule has 0 atom stereocenters. The number of hydrogen-bond donors (Lipinski definition) is 2. The van der Waals surface area contributed by atoms with Crippen molar-refractivity contribution < 1.29 is 14.3 Å². The van der Waals surface area contributed by atoms with Gasteiger partial charge in [-0.05, 0) is 33.1 Å². The van der Waals surface area contributed by atoms with Crippen LogP contribution >= 0.6 is 11.3 Å². The molecule has 0 spiro atoms. The maximum Gasteiger partial charge on any atom is 0.178 e. The van der Waals surface area contributed by atoms with E-state index in [-0.39, 0.29) is 17.8 Å². The van der Waals surface area contributed by atoms with Gasteiger partial charge in [0.15, 0.2) is 11.5 Å². The fourth-order valence-corrected chi connectivity index (χ4v) is 3.13. The second kappa shape index (κ2) is 7.13. The van der Waals surface area contributed by atoms with Crippen LogP contribution in [0.3, 0.4) is 0 Å². The molecule has 1 aromatic heterocycles. The number of hydrogen-bond acceptors (Lipinski definition) is 6. The number of carbonyl (C=O) groups excluding carboxylic acids is 1. The minimum Gasteiger partial charge on any atom is -0.486 e. The number of nitrogen functional groups attached to an aromatic ring is 1. The lowest BCUT2D eigenvalue weighted by molar-refractivity contribution is 0.0972. The standard InChI is InChI=1S/C15H24N2O3S/c1-9(2)20-13-11(16)14(12(18)10-5-6-10)21-15(13)17-7-4-8-19-3/h9-10,17H,4-8,16H2,1-3H3. The molecule has 1 aliphatic rings. The van der Waals surface area contributed by atoms with E-state index >= 15 is 0 Å². The van der Waals surface area contributed by atoms with Crippen LogP contribution in [-0.2, 0) is 4.74 Å². The molecule has 118 valence electrons. The molecule has 0 amide bonds. The van der Waals surface area contributed by atoms with Crippen molar-refractivity contribution in [1.29, 1.82) is 0 Å². The predicted octanol–water partition coefficient (Wildman–Crippen LogP) is 3.16. The molecular weight excluding hydrogens is 288 g/mol. The van der Waals surface area contributed by atoms with Gasteiger partial charge in [-0.1, -0.05) is 0 Å². The van der Waals surface area contributed by atoms with Crippen LogP contribution in [0.1, 0.15) is 42.8 Å². The number of ketones is 1. The smallest absolute Gasteiger partial charge is 0.178 e. The lowest BCUT2D eigenvalue weighted by atomic mass is 10.2. The van der Waals surface area contributed by atoms with Crippen molar-refractivity contribution >= 4 is 27.8 Å². The molecule has 0 aliphatic heterocycles. The third kappa shape index (κ3) is 4.11. The summed E-state index contributed by atoms with van der Waals surface area (Å²) in [6, 6.07) is 0. The maximum atomic E-state index is 12.3. The lowest BCUT2D eigenvalue weighted by Gasteiger charge is -2.12. The summed E-state index contributed by atoms with van der Waals surface area (Å²) in [7, 11) is 1.68. The second-order valence-electron chi connectivity index (χ2n) is 5.58. The van der Waals surface area contributed by atoms with Crippen LogP contribution in [0.15, 0.2) is 0 Å². The van der Waals surface area contributed by atoms with E-state index in [1.807, 2.05) is 13.8 Å². The zero-order valence-electron chi connectivity index (χ0n) is 12.9. The number of carbonyl (C=O) groups is 1. The summed E-state index contributed by atoms with van der Waals surface area (Å²) in [6.45, 7) is 5.36. The van der Waals surface area contributed by atoms with Gasteiger partial charge in [0.1, 0.15) is 5.00 Å². The fraction of sp³-hybridized carbons (Fsp3) is 0.667. The van der Waals surface area contributed by atoms with Gasteiger partial charge in [-0.25, -0.2) is 0 Å². The van der Waals surface area contributed by atoms with E-state index in [0.717, 1.165) is 30.8 Å². The average molecular weight is 312 g/mol. The number of anilines is 2. The van der Waals surface area contributed by atoms with Crippen LogP contribution in [0.2, 0.25) is 0 Å². The van der Waals surface area contributed by atoms with E-state index in [1.54, 1.807) is 7.11 Å². The quantitative estimate of drug-likeness (QED) is 0.541. The normalized spacial score (nSPS) is 14.5. The van der Waals surface area contributed by atoms with Crippen molar-refractivity contribution in [2.75, 3.05) is 31.3 Å². The molecule has 5 nitrogen and oxygen atoms in total. The van der Waals surface area contributed by atoms with Gasteiger partial charge in [-0.15, -0.1) is 11.3 Å². The molecule has 0 saturated heterocycles. The van der Waals surface area contributed by atoms with Crippen molar-refractivity contribution in [1.82, 2.24) is 0 Å². The van der Waals surface area contributed by atoms with E-state index in [4.69, 9.17) is 15.2 Å². The molecule has 1 aliphatic carbocycles. The summed E-state index contributed by atoms with van der Waals surface area (Å²) < 4.78 is 10.8. The number of methoxy groups -OCH3 is 1. The number of rotatable bonds is 9. The minimum absolute atomic E-state index is 0.0188. The van der Waals surface area contributed by atoms with Crippen LogP contribution in [0, 0.1) is 5.92 Å². The Kier molecular flexibility index (Phi) is 5.47. The average Bonchev–Trinajstić information content (AvgIpc) is 3.23. The Morgan fingerprint density at radius 3 is 2.76 bits per heavy atom. The first-order valence-electron chi connectivity index (χ1n) is 7.40. The van der Waals surface area contributed by atoms with Crippen LogP contribution < -0.4 is 15.8 Å². The van der Waals surface area contributed by atoms with Gasteiger partial charge in [0.2, 0.25) is 0 Å². The molecule has 0 aromatic carbocycles. The van der Waals surface area contributed by atoms with Gasteiger partial charge < -0.3 is 20.5 Å². The molecular formula is C15H24N2O3S. The number of thiophene rings is 1. The maximum absolute atomic E-state index is 12.3. The fourth-order valence-electron chi connectivity index (χ4n) is 2.03. The molecule has 6 heteroatoms. The molecule has 1 saturated carbocycles. The number of Topliss-reactive ketones (excluding diaryl/α,β-unsaturated/α-hetero) is 1.